The Morgan fingerprint density at radius 1 is 1.03 bits per heavy atom. The molecule has 0 amide bonds. The van der Waals surface area contributed by atoms with Gasteiger partial charge in [-0.1, -0.05) is 18.2 Å². The smallest absolute Gasteiger partial charge is 0.355 e. The van der Waals surface area contributed by atoms with E-state index in [1.807, 2.05) is 24.3 Å². The van der Waals surface area contributed by atoms with Crippen LogP contribution in [0.5, 0.6) is 23.0 Å². The Kier molecular flexibility index (Phi) is 6.42. The molecule has 0 bridgehead atoms. The number of likely N-dealkylation sites (N-methyl/N-ethyl adjacent to an activating group) is 1. The zero-order valence-electron chi connectivity index (χ0n) is 20.6. The van der Waals surface area contributed by atoms with Crippen molar-refractivity contribution in [2.75, 3.05) is 40.7 Å². The lowest BCUT2D eigenvalue weighted by molar-refractivity contribution is 0.0741. The van der Waals surface area contributed by atoms with Crippen molar-refractivity contribution in [2.45, 2.75) is 13.0 Å². The first kappa shape index (κ1) is 23.9. The van der Waals surface area contributed by atoms with Crippen LogP contribution in [0.3, 0.4) is 0 Å². The predicted molar refractivity (Wildman–Crippen MR) is 141 cm³/mol. The second-order valence-corrected chi connectivity index (χ2v) is 9.53. The topological polar surface area (TPSA) is 96.1 Å². The van der Waals surface area contributed by atoms with Crippen molar-refractivity contribution in [3.8, 4) is 34.1 Å². The van der Waals surface area contributed by atoms with Crippen molar-refractivity contribution < 1.29 is 23.7 Å². The van der Waals surface area contributed by atoms with Crippen LogP contribution < -0.4 is 24.7 Å². The average molecular weight is 506 g/mol. The van der Waals surface area contributed by atoms with E-state index in [2.05, 4.69) is 11.9 Å². The molecule has 2 aromatic carbocycles. The maximum atomic E-state index is 13.1. The molecule has 4 aromatic rings. The van der Waals surface area contributed by atoms with Crippen LogP contribution in [0, 0.1) is 0 Å². The lowest BCUT2D eigenvalue weighted by atomic mass is 9.91. The summed E-state index contributed by atoms with van der Waals surface area (Å²) in [4.78, 5) is 21.3. The van der Waals surface area contributed by atoms with Crippen LogP contribution in [0.1, 0.15) is 20.9 Å². The van der Waals surface area contributed by atoms with Crippen molar-refractivity contribution in [3.05, 3.63) is 58.6 Å². The van der Waals surface area contributed by atoms with Gasteiger partial charge in [-0.05, 0) is 30.8 Å². The summed E-state index contributed by atoms with van der Waals surface area (Å²) in [6.07, 6.45) is 0.784. The number of anilines is 1. The lowest BCUT2D eigenvalue weighted by Crippen LogP contribution is -2.28. The van der Waals surface area contributed by atoms with Gasteiger partial charge < -0.3 is 29.6 Å². The number of nitrogen functional groups attached to an aromatic ring is 1. The van der Waals surface area contributed by atoms with E-state index in [0.29, 0.717) is 50.3 Å². The highest BCUT2D eigenvalue weighted by Crippen LogP contribution is 2.48. The van der Waals surface area contributed by atoms with Crippen LogP contribution in [-0.4, -0.2) is 50.8 Å². The Morgan fingerprint density at radius 3 is 2.42 bits per heavy atom. The molecule has 0 saturated heterocycles. The molecule has 5 rings (SSSR count). The Labute approximate surface area is 213 Å². The van der Waals surface area contributed by atoms with Gasteiger partial charge in [0.1, 0.15) is 21.2 Å². The number of para-hydroxylation sites is 1. The minimum absolute atomic E-state index is 0.317. The van der Waals surface area contributed by atoms with E-state index in [1.54, 1.807) is 39.5 Å². The predicted octanol–water partition coefficient (Wildman–Crippen LogP) is 4.78. The molecule has 0 aliphatic carbocycles. The largest absolute Gasteiger partial charge is 0.496 e. The minimum Gasteiger partial charge on any atom is -0.496 e. The quantitative estimate of drug-likeness (QED) is 0.296. The van der Waals surface area contributed by atoms with E-state index in [9.17, 15) is 4.79 Å². The first-order valence-corrected chi connectivity index (χ1v) is 12.3. The maximum absolute atomic E-state index is 13.1. The third kappa shape index (κ3) is 4.10. The molecule has 8 nitrogen and oxygen atoms in total. The fourth-order valence-electron chi connectivity index (χ4n) is 4.58. The molecular formula is C27H27N3O5S. The number of pyridine rings is 1. The normalized spacial score (nSPS) is 13.3. The Bertz CT molecular complexity index is 1450. The summed E-state index contributed by atoms with van der Waals surface area (Å²) in [6, 6.07) is 12.6. The number of methoxy groups -OCH3 is 3. The number of hydrogen-bond donors (Lipinski definition) is 1. The van der Waals surface area contributed by atoms with Crippen LogP contribution in [0.2, 0.25) is 0 Å². The van der Waals surface area contributed by atoms with Gasteiger partial charge in [-0.25, -0.2) is 9.78 Å². The van der Waals surface area contributed by atoms with Gasteiger partial charge in [0, 0.05) is 47.8 Å². The number of nitrogens with two attached hydrogens (primary N) is 1. The third-order valence-corrected chi connectivity index (χ3v) is 7.42. The highest BCUT2D eigenvalue weighted by atomic mass is 32.1. The molecule has 0 radical (unpaired) electrons. The minimum atomic E-state index is -0.512. The van der Waals surface area contributed by atoms with Crippen molar-refractivity contribution in [3.63, 3.8) is 0 Å². The summed E-state index contributed by atoms with van der Waals surface area (Å²) in [5, 5.41) is 0.708. The van der Waals surface area contributed by atoms with Crippen LogP contribution in [-0.2, 0) is 13.0 Å². The number of rotatable bonds is 6. The third-order valence-electron chi connectivity index (χ3n) is 6.34. The fraction of sp³-hybridized carbons (Fsp3) is 0.259. The van der Waals surface area contributed by atoms with Crippen LogP contribution in [0.25, 0.3) is 21.3 Å². The Morgan fingerprint density at radius 2 is 1.72 bits per heavy atom. The van der Waals surface area contributed by atoms with Gasteiger partial charge in [0.2, 0.25) is 0 Å². The van der Waals surface area contributed by atoms with Gasteiger partial charge in [0.05, 0.1) is 27.0 Å². The summed E-state index contributed by atoms with van der Waals surface area (Å²) in [5.41, 5.74) is 10.7. The van der Waals surface area contributed by atoms with Crippen LogP contribution >= 0.6 is 11.3 Å². The van der Waals surface area contributed by atoms with E-state index in [-0.39, 0.29) is 0 Å². The number of carbonyl (C=O) groups excluding carboxylic acids is 1. The second-order valence-electron chi connectivity index (χ2n) is 8.53. The van der Waals surface area contributed by atoms with Gasteiger partial charge in [0.25, 0.3) is 0 Å². The average Bonchev–Trinajstić information content (AvgIpc) is 3.23. The summed E-state index contributed by atoms with van der Waals surface area (Å²) in [6.45, 7) is 1.57. The first-order chi connectivity index (χ1) is 17.4. The van der Waals surface area contributed by atoms with Gasteiger partial charge >= 0.3 is 5.97 Å². The van der Waals surface area contributed by atoms with Gasteiger partial charge in [-0.2, -0.15) is 0 Å². The van der Waals surface area contributed by atoms with Gasteiger partial charge in [0.15, 0.2) is 11.5 Å². The van der Waals surface area contributed by atoms with E-state index >= 15 is 0 Å². The molecule has 2 aromatic heterocycles. The Hall–Kier alpha value is -3.82. The van der Waals surface area contributed by atoms with E-state index in [1.165, 1.54) is 11.3 Å². The highest BCUT2D eigenvalue weighted by molar-refractivity contribution is 7.21. The van der Waals surface area contributed by atoms with E-state index in [4.69, 9.17) is 29.7 Å². The number of benzene rings is 2. The molecule has 2 N–H and O–H groups in total. The zero-order valence-corrected chi connectivity index (χ0v) is 21.4. The molecule has 3 heterocycles. The van der Waals surface area contributed by atoms with Gasteiger partial charge in [-0.15, -0.1) is 11.3 Å². The monoisotopic (exact) mass is 505 g/mol. The highest BCUT2D eigenvalue weighted by Gasteiger charge is 2.29. The molecule has 1 aliphatic heterocycles. The number of hydrogen-bond acceptors (Lipinski definition) is 9. The number of fused-ring (bicyclic) bond motifs is 2. The number of ether oxygens (including phenoxy) is 4. The molecule has 0 fully saturated rings. The number of nitrogens with zero attached hydrogens (tertiary/aromatic N) is 2. The number of carbonyl (C=O) groups is 1. The van der Waals surface area contributed by atoms with Crippen molar-refractivity contribution in [1.82, 2.24) is 9.88 Å². The molecule has 1 aliphatic rings. The SMILES string of the molecule is COc1cc(OC)c(-c2c3c(nc4sc(C(=O)Oc5ccccc5)c(N)c24)CCN(C)C3)cc1OC. The zero-order chi connectivity index (χ0) is 25.4. The molecule has 0 saturated carbocycles. The fourth-order valence-corrected chi connectivity index (χ4v) is 5.58. The standard InChI is InChI=1S/C27H27N3O5S/c1-30-11-10-18-17(14-30)22(16-12-20(33-3)21(34-4)13-19(16)32-2)23-24(28)25(36-26(23)29-18)27(31)35-15-8-6-5-7-9-15/h5-9,12-13H,10-11,14,28H2,1-4H3. The van der Waals surface area contributed by atoms with Crippen molar-refractivity contribution in [2.24, 2.45) is 0 Å². The summed E-state index contributed by atoms with van der Waals surface area (Å²) >= 11 is 1.24. The van der Waals surface area contributed by atoms with E-state index in [0.717, 1.165) is 35.3 Å². The summed E-state index contributed by atoms with van der Waals surface area (Å²) < 4.78 is 22.5. The molecule has 0 atom stereocenters. The molecule has 186 valence electrons. The molecule has 36 heavy (non-hydrogen) atoms. The lowest BCUT2D eigenvalue weighted by Gasteiger charge is -2.27. The molecule has 9 heteroatoms. The summed E-state index contributed by atoms with van der Waals surface area (Å²) in [7, 11) is 6.86. The summed E-state index contributed by atoms with van der Waals surface area (Å²) in [5.74, 6) is 1.67. The maximum Gasteiger partial charge on any atom is 0.355 e. The second kappa shape index (κ2) is 9.67. The number of esters is 1. The van der Waals surface area contributed by atoms with Crippen LogP contribution in [0.4, 0.5) is 5.69 Å². The first-order valence-electron chi connectivity index (χ1n) is 11.4. The molecule has 0 unspecified atom stereocenters. The molecule has 0 spiro atoms. The van der Waals surface area contributed by atoms with Crippen molar-refractivity contribution >= 4 is 33.2 Å². The van der Waals surface area contributed by atoms with Crippen molar-refractivity contribution in [1.29, 1.82) is 0 Å². The van der Waals surface area contributed by atoms with E-state index < -0.39 is 5.97 Å². The number of aromatic nitrogens is 1. The van der Waals surface area contributed by atoms with Gasteiger partial charge in [-0.3, -0.25) is 0 Å². The number of thiophene rings is 1. The molecular weight excluding hydrogens is 478 g/mol. The van der Waals surface area contributed by atoms with Crippen LogP contribution in [0.15, 0.2) is 42.5 Å². The Balaban J connectivity index is 1.77.